The van der Waals surface area contributed by atoms with Crippen LogP contribution in [-0.2, 0) is 9.53 Å². The van der Waals surface area contributed by atoms with Crippen LogP contribution in [0.4, 0.5) is 5.69 Å². The average molecular weight is 357 g/mol. The standard InChI is InChI=1S/C20H23NO5/c1-4-18(26-17-11-7-10-16(13-17)24-3)19(22)21-15-9-6-8-14(12-15)20(23)25-5-2/h6-13,18H,4-5H2,1-3H3,(H,21,22)/t18-/m0/s1. The lowest BCUT2D eigenvalue weighted by atomic mass is 10.2. The summed E-state index contributed by atoms with van der Waals surface area (Å²) in [5.74, 6) is 0.478. The molecule has 0 aromatic heterocycles. The largest absolute Gasteiger partial charge is 0.497 e. The van der Waals surface area contributed by atoms with Crippen molar-refractivity contribution in [3.63, 3.8) is 0 Å². The van der Waals surface area contributed by atoms with Crippen LogP contribution >= 0.6 is 0 Å². The van der Waals surface area contributed by atoms with Crippen LogP contribution in [-0.4, -0.2) is 31.7 Å². The van der Waals surface area contributed by atoms with Gasteiger partial charge in [-0.1, -0.05) is 19.1 Å². The molecule has 0 saturated heterocycles. The quantitative estimate of drug-likeness (QED) is 0.730. The van der Waals surface area contributed by atoms with E-state index in [2.05, 4.69) is 5.32 Å². The zero-order valence-corrected chi connectivity index (χ0v) is 15.2. The van der Waals surface area contributed by atoms with Crippen LogP contribution in [0.5, 0.6) is 11.5 Å². The minimum Gasteiger partial charge on any atom is -0.497 e. The molecule has 0 aliphatic heterocycles. The maximum absolute atomic E-state index is 12.5. The van der Waals surface area contributed by atoms with Crippen molar-refractivity contribution in [2.24, 2.45) is 0 Å². The molecule has 1 amide bonds. The maximum Gasteiger partial charge on any atom is 0.338 e. The SMILES string of the molecule is CCOC(=O)c1cccc(NC(=O)[C@H](CC)Oc2cccc(OC)c2)c1. The lowest BCUT2D eigenvalue weighted by Crippen LogP contribution is -2.32. The first kappa shape index (κ1) is 19.3. The van der Waals surface area contributed by atoms with E-state index in [1.54, 1.807) is 62.6 Å². The van der Waals surface area contributed by atoms with E-state index in [1.165, 1.54) is 0 Å². The van der Waals surface area contributed by atoms with Gasteiger partial charge in [0.15, 0.2) is 6.10 Å². The Hall–Kier alpha value is -3.02. The molecule has 0 bridgehead atoms. The molecule has 1 atom stereocenters. The number of anilines is 1. The van der Waals surface area contributed by atoms with Crippen molar-refractivity contribution in [2.75, 3.05) is 19.0 Å². The van der Waals surface area contributed by atoms with E-state index in [4.69, 9.17) is 14.2 Å². The first-order valence-corrected chi connectivity index (χ1v) is 8.46. The summed E-state index contributed by atoms with van der Waals surface area (Å²) in [4.78, 5) is 24.3. The van der Waals surface area contributed by atoms with Gasteiger partial charge in [0, 0.05) is 11.8 Å². The van der Waals surface area contributed by atoms with Crippen LogP contribution in [0.1, 0.15) is 30.6 Å². The molecular weight excluding hydrogens is 334 g/mol. The smallest absolute Gasteiger partial charge is 0.338 e. The lowest BCUT2D eigenvalue weighted by Gasteiger charge is -2.18. The number of nitrogens with one attached hydrogen (secondary N) is 1. The van der Waals surface area contributed by atoms with E-state index in [9.17, 15) is 9.59 Å². The maximum atomic E-state index is 12.5. The van der Waals surface area contributed by atoms with Crippen LogP contribution in [0.15, 0.2) is 48.5 Å². The van der Waals surface area contributed by atoms with Crippen LogP contribution in [0.2, 0.25) is 0 Å². The van der Waals surface area contributed by atoms with Gasteiger partial charge < -0.3 is 19.5 Å². The summed E-state index contributed by atoms with van der Waals surface area (Å²) in [6.07, 6.45) is -0.186. The number of amides is 1. The highest BCUT2D eigenvalue weighted by Gasteiger charge is 2.19. The molecule has 0 fully saturated rings. The number of rotatable bonds is 8. The van der Waals surface area contributed by atoms with Crippen molar-refractivity contribution in [1.29, 1.82) is 0 Å². The molecule has 0 aliphatic rings. The summed E-state index contributed by atoms with van der Waals surface area (Å²) in [6.45, 7) is 3.90. The Morgan fingerprint density at radius 2 is 1.77 bits per heavy atom. The molecule has 2 rings (SSSR count). The van der Waals surface area contributed by atoms with Gasteiger partial charge in [0.05, 0.1) is 19.3 Å². The van der Waals surface area contributed by atoms with Gasteiger partial charge in [-0.25, -0.2) is 4.79 Å². The molecule has 2 aromatic carbocycles. The fourth-order valence-corrected chi connectivity index (χ4v) is 2.32. The minimum absolute atomic E-state index is 0.293. The number of carbonyl (C=O) groups is 2. The third-order valence-corrected chi connectivity index (χ3v) is 3.62. The van der Waals surface area contributed by atoms with E-state index in [1.807, 2.05) is 6.92 Å². The number of benzene rings is 2. The van der Waals surface area contributed by atoms with Crippen molar-refractivity contribution in [1.82, 2.24) is 0 Å². The molecule has 1 N–H and O–H groups in total. The Labute approximate surface area is 153 Å². The van der Waals surface area contributed by atoms with Crippen LogP contribution in [0.25, 0.3) is 0 Å². The highest BCUT2D eigenvalue weighted by atomic mass is 16.5. The van der Waals surface area contributed by atoms with Crippen molar-refractivity contribution in [2.45, 2.75) is 26.4 Å². The Morgan fingerprint density at radius 1 is 1.04 bits per heavy atom. The summed E-state index contributed by atoms with van der Waals surface area (Å²) in [5, 5.41) is 2.78. The Bertz CT molecular complexity index is 759. The van der Waals surface area contributed by atoms with Gasteiger partial charge in [0.2, 0.25) is 0 Å². The van der Waals surface area contributed by atoms with Crippen molar-refractivity contribution in [3.8, 4) is 11.5 Å². The topological polar surface area (TPSA) is 73.9 Å². The molecule has 138 valence electrons. The van der Waals surface area contributed by atoms with Gasteiger partial charge in [-0.15, -0.1) is 0 Å². The van der Waals surface area contributed by atoms with E-state index < -0.39 is 12.1 Å². The van der Waals surface area contributed by atoms with Gasteiger partial charge in [0.1, 0.15) is 11.5 Å². The van der Waals surface area contributed by atoms with E-state index >= 15 is 0 Å². The molecule has 6 nitrogen and oxygen atoms in total. The van der Waals surface area contributed by atoms with Gasteiger partial charge in [-0.05, 0) is 43.7 Å². The van der Waals surface area contributed by atoms with Gasteiger partial charge in [-0.3, -0.25) is 4.79 Å². The lowest BCUT2D eigenvalue weighted by molar-refractivity contribution is -0.122. The molecule has 26 heavy (non-hydrogen) atoms. The monoisotopic (exact) mass is 357 g/mol. The number of methoxy groups -OCH3 is 1. The number of hydrogen-bond acceptors (Lipinski definition) is 5. The Balaban J connectivity index is 2.06. The summed E-state index contributed by atoms with van der Waals surface area (Å²) < 4.78 is 15.9. The fraction of sp³-hybridized carbons (Fsp3) is 0.300. The molecule has 6 heteroatoms. The summed E-state index contributed by atoms with van der Waals surface area (Å²) in [6, 6.07) is 13.7. The molecule has 0 saturated carbocycles. The third kappa shape index (κ3) is 5.24. The van der Waals surface area contributed by atoms with Crippen molar-refractivity contribution < 1.29 is 23.8 Å². The summed E-state index contributed by atoms with van der Waals surface area (Å²) >= 11 is 0. The number of ether oxygens (including phenoxy) is 3. The molecule has 0 aliphatic carbocycles. The second-order valence-electron chi connectivity index (χ2n) is 5.48. The number of hydrogen-bond donors (Lipinski definition) is 1. The Kier molecular flexibility index (Phi) is 7.02. The zero-order valence-electron chi connectivity index (χ0n) is 15.2. The van der Waals surface area contributed by atoms with Gasteiger partial charge in [-0.2, -0.15) is 0 Å². The average Bonchev–Trinajstić information content (AvgIpc) is 2.66. The molecule has 0 unspecified atom stereocenters. The molecular formula is C20H23NO5. The summed E-state index contributed by atoms with van der Waals surface area (Å²) in [7, 11) is 1.57. The molecule has 0 heterocycles. The predicted octanol–water partition coefficient (Wildman–Crippen LogP) is 3.67. The second kappa shape index (κ2) is 9.46. The summed E-state index contributed by atoms with van der Waals surface area (Å²) in [5.41, 5.74) is 0.889. The van der Waals surface area contributed by atoms with Crippen molar-refractivity contribution in [3.05, 3.63) is 54.1 Å². The fourth-order valence-electron chi connectivity index (χ4n) is 2.32. The van der Waals surface area contributed by atoms with E-state index in [0.29, 0.717) is 35.8 Å². The normalized spacial score (nSPS) is 11.3. The van der Waals surface area contributed by atoms with E-state index in [0.717, 1.165) is 0 Å². The number of esters is 1. The minimum atomic E-state index is -0.673. The van der Waals surface area contributed by atoms with Gasteiger partial charge in [0.25, 0.3) is 5.91 Å². The second-order valence-corrected chi connectivity index (χ2v) is 5.48. The first-order chi connectivity index (χ1) is 12.6. The van der Waals surface area contributed by atoms with E-state index in [-0.39, 0.29) is 5.91 Å². The van der Waals surface area contributed by atoms with Crippen molar-refractivity contribution >= 4 is 17.6 Å². The van der Waals surface area contributed by atoms with Crippen LogP contribution in [0, 0.1) is 0 Å². The highest BCUT2D eigenvalue weighted by Crippen LogP contribution is 2.21. The molecule has 2 aromatic rings. The van der Waals surface area contributed by atoms with Crippen LogP contribution < -0.4 is 14.8 Å². The highest BCUT2D eigenvalue weighted by molar-refractivity contribution is 5.96. The van der Waals surface area contributed by atoms with Crippen LogP contribution in [0.3, 0.4) is 0 Å². The molecule has 0 spiro atoms. The Morgan fingerprint density at radius 3 is 2.46 bits per heavy atom. The zero-order chi connectivity index (χ0) is 18.9. The molecule has 0 radical (unpaired) electrons. The first-order valence-electron chi connectivity index (χ1n) is 8.46. The van der Waals surface area contributed by atoms with Gasteiger partial charge >= 0.3 is 5.97 Å². The number of carbonyl (C=O) groups excluding carboxylic acids is 2. The third-order valence-electron chi connectivity index (χ3n) is 3.62. The predicted molar refractivity (Wildman–Crippen MR) is 98.7 cm³/mol.